The van der Waals surface area contributed by atoms with Crippen molar-refractivity contribution in [2.45, 2.75) is 56.7 Å². The number of hydrogen-bond acceptors (Lipinski definition) is 6. The molecule has 3 aliphatic rings. The molecule has 6 heterocycles. The molecule has 44 heavy (non-hydrogen) atoms. The van der Waals surface area contributed by atoms with Gasteiger partial charge < -0.3 is 24.5 Å². The number of carbonyl (C=O) groups excluding carboxylic acids is 2. The van der Waals surface area contributed by atoms with E-state index >= 15 is 0 Å². The molecule has 0 saturated carbocycles. The largest absolute Gasteiger partial charge is 0.368 e. The number of nitrogens with one attached hydrogen (secondary N) is 2. The minimum atomic E-state index is -0.313. The first-order valence-electron chi connectivity index (χ1n) is 15.4. The predicted octanol–water partition coefficient (Wildman–Crippen LogP) is 5.72. The maximum absolute atomic E-state index is 13.1. The van der Waals surface area contributed by atoms with E-state index in [2.05, 4.69) is 21.8 Å². The van der Waals surface area contributed by atoms with E-state index in [1.54, 1.807) is 0 Å². The van der Waals surface area contributed by atoms with Crippen molar-refractivity contribution in [3.63, 3.8) is 0 Å². The number of nitrogens with zero attached hydrogens (tertiary/aromatic N) is 4. The van der Waals surface area contributed by atoms with Gasteiger partial charge in [-0.15, -0.1) is 11.3 Å². The minimum absolute atomic E-state index is 0.0516. The van der Waals surface area contributed by atoms with E-state index in [0.29, 0.717) is 6.61 Å². The van der Waals surface area contributed by atoms with Gasteiger partial charge in [0.1, 0.15) is 17.8 Å². The maximum atomic E-state index is 13.1. The molecule has 5 aromatic rings. The van der Waals surface area contributed by atoms with Crippen LogP contribution in [0.4, 0.5) is 0 Å². The number of carbonyl (C=O) groups is 2. The zero-order valence-corrected chi connectivity index (χ0v) is 25.0. The van der Waals surface area contributed by atoms with E-state index in [9.17, 15) is 9.59 Å². The van der Waals surface area contributed by atoms with Crippen LogP contribution in [0.2, 0.25) is 0 Å². The molecule has 8 rings (SSSR count). The summed E-state index contributed by atoms with van der Waals surface area (Å²) in [5, 5.41) is 1.94. The monoisotopic (exact) mass is 604 g/mol. The van der Waals surface area contributed by atoms with Crippen molar-refractivity contribution in [1.29, 1.82) is 0 Å². The molecule has 9 nitrogen and oxygen atoms in total. The van der Waals surface area contributed by atoms with Gasteiger partial charge in [0.15, 0.2) is 0 Å². The highest BCUT2D eigenvalue weighted by molar-refractivity contribution is 7.12. The third-order valence-corrected chi connectivity index (χ3v) is 9.83. The van der Waals surface area contributed by atoms with E-state index in [4.69, 9.17) is 14.7 Å². The Morgan fingerprint density at radius 3 is 2.32 bits per heavy atom. The normalized spacial score (nSPS) is 21.8. The number of likely N-dealkylation sites (tertiary alicyclic amines) is 2. The molecule has 222 valence electrons. The Morgan fingerprint density at radius 1 is 0.818 bits per heavy atom. The summed E-state index contributed by atoms with van der Waals surface area (Å²) in [5.41, 5.74) is 5.30. The van der Waals surface area contributed by atoms with Crippen LogP contribution >= 0.6 is 11.3 Å². The molecule has 2 aromatic carbocycles. The summed E-state index contributed by atoms with van der Waals surface area (Å²) in [6.07, 6.45) is 5.14. The lowest BCUT2D eigenvalue weighted by Crippen LogP contribution is -2.38. The molecule has 3 aromatic heterocycles. The molecule has 0 bridgehead atoms. The highest BCUT2D eigenvalue weighted by Crippen LogP contribution is 2.35. The van der Waals surface area contributed by atoms with Crippen LogP contribution in [0, 0.1) is 11.8 Å². The summed E-state index contributed by atoms with van der Waals surface area (Å²) in [6, 6.07) is 15.7. The second-order valence-corrected chi connectivity index (χ2v) is 12.7. The van der Waals surface area contributed by atoms with Gasteiger partial charge in [0.05, 0.1) is 39.0 Å². The van der Waals surface area contributed by atoms with Gasteiger partial charge in [-0.1, -0.05) is 17.9 Å². The summed E-state index contributed by atoms with van der Waals surface area (Å²) in [4.78, 5) is 47.4. The molecule has 3 saturated heterocycles. The van der Waals surface area contributed by atoms with Crippen molar-refractivity contribution in [3.05, 3.63) is 81.6 Å². The maximum Gasteiger partial charge on any atom is 0.264 e. The van der Waals surface area contributed by atoms with E-state index in [1.807, 2.05) is 63.7 Å². The number of fused-ring (bicyclic) bond motifs is 2. The molecule has 3 atom stereocenters. The van der Waals surface area contributed by atoms with Gasteiger partial charge in [-0.3, -0.25) is 9.59 Å². The number of imidazole rings is 2. The Balaban J connectivity index is 1.00. The predicted molar refractivity (Wildman–Crippen MR) is 168 cm³/mol. The summed E-state index contributed by atoms with van der Waals surface area (Å²) in [7, 11) is 0. The molecule has 0 radical (unpaired) electrons. The SMILES string of the molecule is O=C(c1cccs1)N1CCC[C@H]1c1nc2cc(C#Cc3ccc4nc([C@@H]5CCCN5C(=O)[C@H]5CCCO5)[nH]c4c3)ccc2[nH]1. The number of benzene rings is 2. The Hall–Kier alpha value is -4.46. The molecule has 0 unspecified atom stereocenters. The topological polar surface area (TPSA) is 107 Å². The van der Waals surface area contributed by atoms with Crippen LogP contribution in [-0.4, -0.2) is 67.4 Å². The first-order valence-corrected chi connectivity index (χ1v) is 16.3. The van der Waals surface area contributed by atoms with E-state index in [0.717, 1.165) is 101 Å². The van der Waals surface area contributed by atoms with Crippen molar-refractivity contribution in [1.82, 2.24) is 29.7 Å². The number of hydrogen-bond donors (Lipinski definition) is 2. The lowest BCUT2D eigenvalue weighted by molar-refractivity contribution is -0.142. The van der Waals surface area contributed by atoms with Crippen LogP contribution in [0.5, 0.6) is 0 Å². The first-order chi connectivity index (χ1) is 21.6. The smallest absolute Gasteiger partial charge is 0.264 e. The van der Waals surface area contributed by atoms with Crippen LogP contribution < -0.4 is 0 Å². The Kier molecular flexibility index (Phi) is 6.92. The molecule has 3 aliphatic heterocycles. The van der Waals surface area contributed by atoms with Crippen LogP contribution in [0.1, 0.15) is 83.1 Å². The third-order valence-electron chi connectivity index (χ3n) is 8.97. The zero-order valence-electron chi connectivity index (χ0n) is 24.2. The summed E-state index contributed by atoms with van der Waals surface area (Å²) >= 11 is 1.48. The Morgan fingerprint density at radius 2 is 1.55 bits per heavy atom. The fourth-order valence-corrected chi connectivity index (χ4v) is 7.46. The van der Waals surface area contributed by atoms with Gasteiger partial charge >= 0.3 is 0 Å². The van der Waals surface area contributed by atoms with Crippen LogP contribution in [0.3, 0.4) is 0 Å². The van der Waals surface area contributed by atoms with Crippen molar-refractivity contribution in [3.8, 4) is 11.8 Å². The molecule has 0 spiro atoms. The molecule has 10 heteroatoms. The average Bonchev–Trinajstić information content (AvgIpc) is 3.89. The molecular weight excluding hydrogens is 572 g/mol. The molecule has 2 amide bonds. The van der Waals surface area contributed by atoms with Crippen molar-refractivity contribution in [2.75, 3.05) is 19.7 Å². The molecule has 2 N–H and O–H groups in total. The fraction of sp³-hybridized carbons (Fsp3) is 0.353. The number of aromatic nitrogens is 4. The van der Waals surface area contributed by atoms with Crippen LogP contribution in [0.15, 0.2) is 53.9 Å². The highest BCUT2D eigenvalue weighted by atomic mass is 32.1. The first kappa shape index (κ1) is 27.1. The van der Waals surface area contributed by atoms with Crippen LogP contribution in [0.25, 0.3) is 22.1 Å². The highest BCUT2D eigenvalue weighted by Gasteiger charge is 2.37. The molecule has 3 fully saturated rings. The Bertz CT molecular complexity index is 1930. The lowest BCUT2D eigenvalue weighted by atomic mass is 10.1. The number of H-pyrrole nitrogens is 2. The summed E-state index contributed by atoms with van der Waals surface area (Å²) in [5.74, 6) is 8.39. The number of aromatic amines is 2. The summed E-state index contributed by atoms with van der Waals surface area (Å²) in [6.45, 7) is 2.15. The zero-order chi connectivity index (χ0) is 29.6. The average molecular weight is 605 g/mol. The van der Waals surface area contributed by atoms with E-state index < -0.39 is 0 Å². The van der Waals surface area contributed by atoms with Gasteiger partial charge in [0, 0.05) is 30.8 Å². The second kappa shape index (κ2) is 11.2. The quantitative estimate of drug-likeness (QED) is 0.255. The van der Waals surface area contributed by atoms with E-state index in [1.165, 1.54) is 11.3 Å². The van der Waals surface area contributed by atoms with Crippen molar-refractivity contribution < 1.29 is 14.3 Å². The second-order valence-electron chi connectivity index (χ2n) is 11.8. The molecule has 0 aliphatic carbocycles. The standard InChI is InChI=1S/C34H32N6O3S/c41-33(29-7-3-17-43-29)39-15-1-5-27(39)31-35-23-13-11-21(19-25(23)37-31)9-10-22-12-14-24-26(20-22)38-32(36-24)28-6-2-16-40(28)34(42)30-8-4-18-44-30/h4,8,11-14,18-20,27-29H,1-3,5-7,15-17H2,(H,35,37)(H,36,38)/t27-,28-,29+/m0/s1. The van der Waals surface area contributed by atoms with Gasteiger partial charge in [-0.25, -0.2) is 9.97 Å². The van der Waals surface area contributed by atoms with E-state index in [-0.39, 0.29) is 30.0 Å². The van der Waals surface area contributed by atoms with Gasteiger partial charge in [0.2, 0.25) is 0 Å². The minimum Gasteiger partial charge on any atom is -0.368 e. The number of amides is 2. The Labute approximate surface area is 258 Å². The number of rotatable bonds is 4. The van der Waals surface area contributed by atoms with Gasteiger partial charge in [-0.05, 0) is 86.4 Å². The molecular formula is C34H32N6O3S. The van der Waals surface area contributed by atoms with Gasteiger partial charge in [-0.2, -0.15) is 0 Å². The van der Waals surface area contributed by atoms with Crippen LogP contribution in [-0.2, 0) is 9.53 Å². The van der Waals surface area contributed by atoms with Crippen molar-refractivity contribution in [2.24, 2.45) is 0 Å². The number of thiophene rings is 1. The van der Waals surface area contributed by atoms with Gasteiger partial charge in [0.25, 0.3) is 11.8 Å². The lowest BCUT2D eigenvalue weighted by Gasteiger charge is -2.25. The fourth-order valence-electron chi connectivity index (χ4n) is 6.78. The summed E-state index contributed by atoms with van der Waals surface area (Å²) < 4.78 is 5.67. The van der Waals surface area contributed by atoms with Crippen molar-refractivity contribution >= 4 is 45.2 Å². The number of ether oxygens (including phenoxy) is 1. The third kappa shape index (κ3) is 4.96.